The zero-order chi connectivity index (χ0) is 17.5. The largest absolute Gasteiger partial charge is 0.326 e. The van der Waals surface area contributed by atoms with E-state index in [-0.39, 0.29) is 10.8 Å². The second kappa shape index (κ2) is 6.38. The van der Waals surface area contributed by atoms with Crippen LogP contribution in [0.3, 0.4) is 0 Å². The maximum atomic E-state index is 12.7. The highest BCUT2D eigenvalue weighted by molar-refractivity contribution is 9.10. The lowest BCUT2D eigenvalue weighted by Crippen LogP contribution is -2.20. The molecule has 0 fully saturated rings. The number of hydrogen-bond donors (Lipinski definition) is 2. The van der Waals surface area contributed by atoms with Gasteiger partial charge < -0.3 is 5.32 Å². The van der Waals surface area contributed by atoms with Crippen LogP contribution in [0.4, 0.5) is 11.4 Å². The molecule has 0 aliphatic carbocycles. The van der Waals surface area contributed by atoms with Gasteiger partial charge in [0.15, 0.2) is 0 Å². The van der Waals surface area contributed by atoms with Crippen molar-refractivity contribution in [2.75, 3.05) is 10.0 Å². The van der Waals surface area contributed by atoms with Crippen molar-refractivity contribution in [3.05, 3.63) is 51.0 Å². The fraction of sp³-hybridized carbons (Fsp3) is 0.188. The summed E-state index contributed by atoms with van der Waals surface area (Å²) in [6, 6.07) is 8.14. The van der Waals surface area contributed by atoms with E-state index in [2.05, 4.69) is 26.0 Å². The molecule has 1 amide bonds. The van der Waals surface area contributed by atoms with Gasteiger partial charge in [-0.3, -0.25) is 9.52 Å². The van der Waals surface area contributed by atoms with Crippen molar-refractivity contribution >= 4 is 54.8 Å². The Hall–Kier alpha value is -1.57. The molecule has 0 aromatic heterocycles. The molecule has 5 nitrogen and oxygen atoms in total. The number of carbonyl (C=O) groups is 1. The highest BCUT2D eigenvalue weighted by Crippen LogP contribution is 2.33. The molecular formula is C16H14BrClN2O3S. The van der Waals surface area contributed by atoms with E-state index in [0.717, 1.165) is 11.1 Å². The Balaban J connectivity index is 1.98. The van der Waals surface area contributed by atoms with E-state index in [1.807, 2.05) is 6.92 Å². The van der Waals surface area contributed by atoms with E-state index < -0.39 is 10.0 Å². The molecule has 0 radical (unpaired) electrons. The number of sulfonamides is 1. The first-order valence-corrected chi connectivity index (χ1v) is 9.83. The number of halogens is 2. The van der Waals surface area contributed by atoms with E-state index in [4.69, 9.17) is 11.6 Å². The minimum Gasteiger partial charge on any atom is -0.326 e. The van der Waals surface area contributed by atoms with Crippen molar-refractivity contribution in [3.63, 3.8) is 0 Å². The molecule has 2 aromatic rings. The third-order valence-corrected chi connectivity index (χ3v) is 6.51. The maximum absolute atomic E-state index is 12.7. The van der Waals surface area contributed by atoms with Crippen molar-refractivity contribution in [2.24, 2.45) is 0 Å². The molecule has 0 unspecified atom stereocenters. The summed E-state index contributed by atoms with van der Waals surface area (Å²) in [4.78, 5) is 11.6. The number of anilines is 2. The molecule has 0 saturated heterocycles. The molecule has 24 heavy (non-hydrogen) atoms. The molecule has 0 spiro atoms. The second-order valence-electron chi connectivity index (χ2n) is 5.56. The number of hydrogen-bond acceptors (Lipinski definition) is 3. The van der Waals surface area contributed by atoms with E-state index in [1.165, 1.54) is 6.07 Å². The van der Waals surface area contributed by atoms with Crippen LogP contribution in [-0.2, 0) is 21.2 Å². The van der Waals surface area contributed by atoms with Gasteiger partial charge >= 0.3 is 0 Å². The molecule has 8 heteroatoms. The lowest BCUT2D eigenvalue weighted by atomic mass is 10.0. The fourth-order valence-corrected chi connectivity index (χ4v) is 4.80. The van der Waals surface area contributed by atoms with Gasteiger partial charge in [-0.25, -0.2) is 8.42 Å². The average molecular weight is 430 g/mol. The van der Waals surface area contributed by atoms with Crippen LogP contribution in [0.1, 0.15) is 17.5 Å². The Morgan fingerprint density at radius 1 is 1.21 bits per heavy atom. The first kappa shape index (κ1) is 17.3. The molecule has 2 aromatic carbocycles. The molecule has 0 atom stereocenters. The molecule has 2 N–H and O–H groups in total. The highest BCUT2D eigenvalue weighted by atomic mass is 79.9. The SMILES string of the molecule is Cc1ccc(NS(=O)(=O)c2cc3c(cc2Br)CCC(=O)N3)cc1Cl. The summed E-state index contributed by atoms with van der Waals surface area (Å²) in [5.41, 5.74) is 2.66. The van der Waals surface area contributed by atoms with Crippen LogP contribution in [0.15, 0.2) is 39.7 Å². The van der Waals surface area contributed by atoms with Crippen molar-refractivity contribution in [3.8, 4) is 0 Å². The normalized spacial score (nSPS) is 14.0. The summed E-state index contributed by atoms with van der Waals surface area (Å²) >= 11 is 9.35. The van der Waals surface area contributed by atoms with Crippen LogP contribution in [-0.4, -0.2) is 14.3 Å². The molecule has 3 rings (SSSR count). The van der Waals surface area contributed by atoms with Gasteiger partial charge in [-0.2, -0.15) is 0 Å². The fourth-order valence-electron chi connectivity index (χ4n) is 2.45. The average Bonchev–Trinajstić information content (AvgIpc) is 2.50. The summed E-state index contributed by atoms with van der Waals surface area (Å²) in [6.45, 7) is 1.84. The van der Waals surface area contributed by atoms with Crippen LogP contribution >= 0.6 is 27.5 Å². The molecule has 0 saturated carbocycles. The quantitative estimate of drug-likeness (QED) is 0.771. The number of amides is 1. The minimum absolute atomic E-state index is 0.0557. The van der Waals surface area contributed by atoms with E-state index >= 15 is 0 Å². The first-order valence-electron chi connectivity index (χ1n) is 7.17. The number of nitrogens with one attached hydrogen (secondary N) is 2. The van der Waals surface area contributed by atoms with E-state index in [0.29, 0.717) is 33.7 Å². The van der Waals surface area contributed by atoms with Gasteiger partial charge in [0.2, 0.25) is 5.91 Å². The van der Waals surface area contributed by atoms with Gasteiger partial charge in [0, 0.05) is 21.6 Å². The minimum atomic E-state index is -3.83. The summed E-state index contributed by atoms with van der Waals surface area (Å²) in [6.07, 6.45) is 0.979. The standard InChI is InChI=1S/C16H14BrClN2O3S/c1-9-2-4-11(7-13(9)18)20-24(22,23)15-8-14-10(6-12(15)17)3-5-16(21)19-14/h2,4,6-8,20H,3,5H2,1H3,(H,19,21). The van der Waals surface area contributed by atoms with Crippen LogP contribution in [0, 0.1) is 6.92 Å². The van der Waals surface area contributed by atoms with Crippen LogP contribution < -0.4 is 10.0 Å². The number of benzene rings is 2. The van der Waals surface area contributed by atoms with Gasteiger partial charge in [0.05, 0.1) is 5.69 Å². The lowest BCUT2D eigenvalue weighted by molar-refractivity contribution is -0.116. The van der Waals surface area contributed by atoms with Gasteiger partial charge in [-0.05, 0) is 64.7 Å². The Labute approximate surface area is 153 Å². The summed E-state index contributed by atoms with van der Waals surface area (Å²) in [7, 11) is -3.83. The van der Waals surface area contributed by atoms with Crippen molar-refractivity contribution in [1.82, 2.24) is 0 Å². The van der Waals surface area contributed by atoms with Gasteiger partial charge in [-0.1, -0.05) is 17.7 Å². The third-order valence-electron chi connectivity index (χ3n) is 3.77. The third kappa shape index (κ3) is 3.43. The van der Waals surface area contributed by atoms with E-state index in [9.17, 15) is 13.2 Å². The smallest absolute Gasteiger partial charge is 0.263 e. The second-order valence-corrected chi connectivity index (χ2v) is 8.47. The van der Waals surface area contributed by atoms with Crippen molar-refractivity contribution in [1.29, 1.82) is 0 Å². The van der Waals surface area contributed by atoms with Gasteiger partial charge in [0.25, 0.3) is 10.0 Å². The molecule has 1 aliphatic rings. The Bertz CT molecular complexity index is 945. The predicted molar refractivity (Wildman–Crippen MR) is 98.1 cm³/mol. The highest BCUT2D eigenvalue weighted by Gasteiger charge is 2.23. The van der Waals surface area contributed by atoms with Gasteiger partial charge in [0.1, 0.15) is 4.90 Å². The van der Waals surface area contributed by atoms with Crippen molar-refractivity contribution in [2.45, 2.75) is 24.7 Å². The van der Waals surface area contributed by atoms with Crippen molar-refractivity contribution < 1.29 is 13.2 Å². The van der Waals surface area contributed by atoms with E-state index in [1.54, 1.807) is 24.3 Å². The number of fused-ring (bicyclic) bond motifs is 1. The Morgan fingerprint density at radius 3 is 2.67 bits per heavy atom. The monoisotopic (exact) mass is 428 g/mol. The Kier molecular flexibility index (Phi) is 4.59. The number of rotatable bonds is 3. The molecule has 1 heterocycles. The zero-order valence-corrected chi connectivity index (χ0v) is 15.8. The summed E-state index contributed by atoms with van der Waals surface area (Å²) in [5.74, 6) is -0.119. The van der Waals surface area contributed by atoms with Crippen LogP contribution in [0.25, 0.3) is 0 Å². The van der Waals surface area contributed by atoms with Crippen LogP contribution in [0.2, 0.25) is 5.02 Å². The van der Waals surface area contributed by atoms with Crippen LogP contribution in [0.5, 0.6) is 0 Å². The summed E-state index contributed by atoms with van der Waals surface area (Å²) < 4.78 is 28.3. The lowest BCUT2D eigenvalue weighted by Gasteiger charge is -2.19. The maximum Gasteiger partial charge on any atom is 0.263 e. The molecule has 126 valence electrons. The summed E-state index contributed by atoms with van der Waals surface area (Å²) in [5, 5.41) is 3.19. The Morgan fingerprint density at radius 2 is 1.96 bits per heavy atom. The zero-order valence-electron chi connectivity index (χ0n) is 12.7. The molecular weight excluding hydrogens is 416 g/mol. The van der Waals surface area contributed by atoms with Gasteiger partial charge in [-0.15, -0.1) is 0 Å². The predicted octanol–water partition coefficient (Wildman–Crippen LogP) is 4.10. The first-order chi connectivity index (χ1) is 11.3. The number of aryl methyl sites for hydroxylation is 2. The molecule has 1 aliphatic heterocycles. The molecule has 0 bridgehead atoms. The topological polar surface area (TPSA) is 75.3 Å². The number of carbonyl (C=O) groups excluding carboxylic acids is 1.